The monoisotopic (exact) mass is 445 g/mol. The van der Waals surface area contributed by atoms with Crippen LogP contribution in [-0.4, -0.2) is 29.7 Å². The minimum Gasteiger partial charge on any atom is -0.389 e. The van der Waals surface area contributed by atoms with Crippen LogP contribution in [0.15, 0.2) is 48.5 Å². The molecule has 30 heavy (non-hydrogen) atoms. The fourth-order valence-electron chi connectivity index (χ4n) is 4.68. The molecule has 2 nitrogen and oxygen atoms in total. The number of benzene rings is 2. The topological polar surface area (TPSA) is 23.5 Å². The van der Waals surface area contributed by atoms with Crippen molar-refractivity contribution in [1.82, 2.24) is 4.90 Å². The highest BCUT2D eigenvalue weighted by molar-refractivity contribution is 5.85. The molecule has 1 saturated carbocycles. The van der Waals surface area contributed by atoms with Crippen LogP contribution in [0.3, 0.4) is 0 Å². The van der Waals surface area contributed by atoms with Gasteiger partial charge in [0.25, 0.3) is 0 Å². The van der Waals surface area contributed by atoms with Crippen LogP contribution in [0.2, 0.25) is 0 Å². The van der Waals surface area contributed by atoms with Gasteiger partial charge in [-0.25, -0.2) is 4.39 Å². The molecule has 1 aliphatic rings. The highest BCUT2D eigenvalue weighted by Gasteiger charge is 2.44. The van der Waals surface area contributed by atoms with Crippen molar-refractivity contribution < 1.29 is 22.7 Å². The molecule has 1 fully saturated rings. The van der Waals surface area contributed by atoms with Crippen LogP contribution in [0.25, 0.3) is 0 Å². The van der Waals surface area contributed by atoms with Crippen molar-refractivity contribution in [2.45, 2.75) is 49.9 Å². The molecule has 1 N–H and O–H groups in total. The fraction of sp³-hybridized carbons (Fsp3) is 0.478. The predicted octanol–water partition coefficient (Wildman–Crippen LogP) is 6.03. The van der Waals surface area contributed by atoms with Gasteiger partial charge >= 0.3 is 6.18 Å². The molecule has 0 saturated heterocycles. The second kappa shape index (κ2) is 9.67. The van der Waals surface area contributed by atoms with Gasteiger partial charge in [0.15, 0.2) is 0 Å². The summed E-state index contributed by atoms with van der Waals surface area (Å²) in [7, 11) is 3.82. The van der Waals surface area contributed by atoms with Gasteiger partial charge in [0.2, 0.25) is 0 Å². The van der Waals surface area contributed by atoms with E-state index in [1.54, 1.807) is 18.2 Å². The van der Waals surface area contributed by atoms with Crippen molar-refractivity contribution in [2.24, 2.45) is 5.92 Å². The first kappa shape index (κ1) is 24.6. The first-order valence-electron chi connectivity index (χ1n) is 9.90. The number of rotatable bonds is 5. The van der Waals surface area contributed by atoms with Crippen molar-refractivity contribution >= 4 is 12.4 Å². The third-order valence-corrected chi connectivity index (χ3v) is 5.98. The van der Waals surface area contributed by atoms with Crippen molar-refractivity contribution in [1.29, 1.82) is 0 Å². The van der Waals surface area contributed by atoms with Gasteiger partial charge in [-0.15, -0.1) is 12.4 Å². The summed E-state index contributed by atoms with van der Waals surface area (Å²) in [6.07, 6.45) is -1.19. The third kappa shape index (κ3) is 5.54. The Morgan fingerprint density at radius 3 is 2.37 bits per heavy atom. The summed E-state index contributed by atoms with van der Waals surface area (Å²) in [5.74, 6) is -0.500. The van der Waals surface area contributed by atoms with Crippen LogP contribution < -0.4 is 0 Å². The van der Waals surface area contributed by atoms with Gasteiger partial charge in [-0.3, -0.25) is 0 Å². The van der Waals surface area contributed by atoms with E-state index < -0.39 is 17.3 Å². The lowest BCUT2D eigenvalue weighted by Gasteiger charge is -2.46. The molecular weight excluding hydrogens is 418 g/mol. The van der Waals surface area contributed by atoms with E-state index in [1.807, 2.05) is 19.0 Å². The Kier molecular flexibility index (Phi) is 7.94. The molecule has 0 amide bonds. The minimum atomic E-state index is -4.41. The number of hydrogen-bond donors (Lipinski definition) is 1. The van der Waals surface area contributed by atoms with Crippen LogP contribution in [0.1, 0.15) is 48.4 Å². The second-order valence-electron chi connectivity index (χ2n) is 8.29. The van der Waals surface area contributed by atoms with E-state index in [2.05, 4.69) is 0 Å². The van der Waals surface area contributed by atoms with Gasteiger partial charge in [-0.05, 0) is 56.3 Å². The zero-order chi connectivity index (χ0) is 21.2. The minimum absolute atomic E-state index is 0. The first-order valence-corrected chi connectivity index (χ1v) is 9.90. The summed E-state index contributed by atoms with van der Waals surface area (Å²) in [6.45, 7) is 0. The smallest absolute Gasteiger partial charge is 0.389 e. The molecule has 2 aromatic rings. The van der Waals surface area contributed by atoms with E-state index in [4.69, 9.17) is 0 Å². The molecule has 0 aliphatic heterocycles. The molecule has 0 bridgehead atoms. The van der Waals surface area contributed by atoms with Gasteiger partial charge in [0.1, 0.15) is 5.82 Å². The molecule has 3 rings (SSSR count). The SMILES string of the molecule is CN(C)C(c1ccc(F)cc1)C1CCCCC1(O)Cc1cccc(C(F)(F)F)c1.Cl. The molecule has 166 valence electrons. The molecule has 7 heteroatoms. The Bertz CT molecular complexity index is 825. The number of alkyl halides is 3. The van der Waals surface area contributed by atoms with Crippen LogP contribution in [0.5, 0.6) is 0 Å². The highest BCUT2D eigenvalue weighted by Crippen LogP contribution is 2.45. The molecule has 0 aromatic heterocycles. The third-order valence-electron chi connectivity index (χ3n) is 5.98. The van der Waals surface area contributed by atoms with Gasteiger partial charge in [0.05, 0.1) is 11.2 Å². The van der Waals surface area contributed by atoms with Gasteiger partial charge in [-0.2, -0.15) is 13.2 Å². The zero-order valence-electron chi connectivity index (χ0n) is 17.1. The fourth-order valence-corrected chi connectivity index (χ4v) is 4.68. The Balaban J connectivity index is 0.00000320. The quantitative estimate of drug-likeness (QED) is 0.568. The van der Waals surface area contributed by atoms with E-state index >= 15 is 0 Å². The first-order chi connectivity index (χ1) is 13.6. The largest absolute Gasteiger partial charge is 0.416 e. The van der Waals surface area contributed by atoms with E-state index in [0.29, 0.717) is 12.0 Å². The Morgan fingerprint density at radius 1 is 1.10 bits per heavy atom. The van der Waals surface area contributed by atoms with E-state index in [-0.39, 0.29) is 36.6 Å². The molecule has 1 aliphatic carbocycles. The maximum absolute atomic E-state index is 13.4. The van der Waals surface area contributed by atoms with Gasteiger partial charge in [0, 0.05) is 18.4 Å². The molecule has 0 radical (unpaired) electrons. The average molecular weight is 446 g/mol. The molecule has 0 spiro atoms. The summed E-state index contributed by atoms with van der Waals surface area (Å²) >= 11 is 0. The molecular formula is C23H28ClF4NO. The summed E-state index contributed by atoms with van der Waals surface area (Å²) in [5, 5.41) is 11.6. The molecule has 2 aromatic carbocycles. The number of aliphatic hydroxyl groups is 1. The maximum Gasteiger partial charge on any atom is 0.416 e. The number of nitrogens with zero attached hydrogens (tertiary/aromatic N) is 1. The number of hydrogen-bond acceptors (Lipinski definition) is 2. The van der Waals surface area contributed by atoms with Crippen molar-refractivity contribution in [3.8, 4) is 0 Å². The lowest BCUT2D eigenvalue weighted by molar-refractivity contribution is -0.137. The maximum atomic E-state index is 13.4. The summed E-state index contributed by atoms with van der Waals surface area (Å²) < 4.78 is 52.7. The van der Waals surface area contributed by atoms with Crippen molar-refractivity contribution in [3.63, 3.8) is 0 Å². The standard InChI is InChI=1S/C23H27F4NO.ClH/c1-28(2)21(17-9-11-19(24)12-10-17)20-8-3-4-13-22(20,29)15-16-6-5-7-18(14-16)23(25,26)27;/h5-7,9-12,14,20-21,29H,3-4,8,13,15H2,1-2H3;1H. The molecule has 3 unspecified atom stereocenters. The van der Waals surface area contributed by atoms with E-state index in [1.165, 1.54) is 18.2 Å². The zero-order valence-corrected chi connectivity index (χ0v) is 17.9. The van der Waals surface area contributed by atoms with Crippen LogP contribution in [0.4, 0.5) is 17.6 Å². The lowest BCUT2D eigenvalue weighted by atomic mass is 9.67. The average Bonchev–Trinajstić information content (AvgIpc) is 2.64. The number of halogens is 5. The Hall–Kier alpha value is -1.63. The van der Waals surface area contributed by atoms with Crippen LogP contribution in [0, 0.1) is 11.7 Å². The van der Waals surface area contributed by atoms with Crippen LogP contribution >= 0.6 is 12.4 Å². The van der Waals surface area contributed by atoms with E-state index in [9.17, 15) is 22.7 Å². The summed E-state index contributed by atoms with van der Waals surface area (Å²) in [5.41, 5.74) is -0.462. The van der Waals surface area contributed by atoms with Gasteiger partial charge < -0.3 is 10.0 Å². The van der Waals surface area contributed by atoms with E-state index in [0.717, 1.165) is 37.0 Å². The van der Waals surface area contributed by atoms with Gasteiger partial charge in [-0.1, -0.05) is 43.2 Å². The highest BCUT2D eigenvalue weighted by atomic mass is 35.5. The summed E-state index contributed by atoms with van der Waals surface area (Å²) in [4.78, 5) is 2.00. The van der Waals surface area contributed by atoms with Crippen molar-refractivity contribution in [3.05, 3.63) is 71.0 Å². The lowest BCUT2D eigenvalue weighted by Crippen LogP contribution is -2.48. The molecule has 3 atom stereocenters. The Morgan fingerprint density at radius 2 is 1.77 bits per heavy atom. The van der Waals surface area contributed by atoms with Crippen molar-refractivity contribution in [2.75, 3.05) is 14.1 Å². The predicted molar refractivity (Wildman–Crippen MR) is 112 cm³/mol. The summed E-state index contributed by atoms with van der Waals surface area (Å²) in [6, 6.07) is 11.3. The van der Waals surface area contributed by atoms with Crippen LogP contribution in [-0.2, 0) is 12.6 Å². The second-order valence-corrected chi connectivity index (χ2v) is 8.29. The normalized spacial score (nSPS) is 23.1. The molecule has 0 heterocycles. The Labute approximate surface area is 181 Å².